The largest absolute Gasteiger partial charge is 0.492 e. The van der Waals surface area contributed by atoms with Gasteiger partial charge in [-0.15, -0.1) is 0 Å². The zero-order valence-electron chi connectivity index (χ0n) is 13.2. The first-order valence-corrected chi connectivity index (χ1v) is 7.62. The Morgan fingerprint density at radius 1 is 1.45 bits per heavy atom. The fraction of sp³-hybridized carbons (Fsp3) is 0.562. The van der Waals surface area contributed by atoms with Gasteiger partial charge in [-0.3, -0.25) is 9.69 Å². The van der Waals surface area contributed by atoms with E-state index in [-0.39, 0.29) is 11.7 Å². The van der Waals surface area contributed by atoms with Crippen LogP contribution < -0.4 is 10.1 Å². The van der Waals surface area contributed by atoms with Crippen molar-refractivity contribution in [1.29, 1.82) is 0 Å². The molecule has 22 heavy (non-hydrogen) atoms. The number of rotatable bonds is 6. The third-order valence-corrected chi connectivity index (χ3v) is 3.80. The fourth-order valence-electron chi connectivity index (χ4n) is 2.57. The molecule has 0 bridgehead atoms. The minimum Gasteiger partial charge on any atom is -0.492 e. The molecule has 0 unspecified atom stereocenters. The average molecular weight is 309 g/mol. The first kappa shape index (κ1) is 16.7. The van der Waals surface area contributed by atoms with E-state index in [1.165, 1.54) is 12.1 Å². The highest BCUT2D eigenvalue weighted by molar-refractivity contribution is 5.78. The van der Waals surface area contributed by atoms with Crippen LogP contribution in [0.1, 0.15) is 6.92 Å². The van der Waals surface area contributed by atoms with E-state index in [0.29, 0.717) is 31.5 Å². The summed E-state index contributed by atoms with van der Waals surface area (Å²) in [5.41, 5.74) is 0. The SMILES string of the molecule is C[C@H]1CN(C)CCN1CC(=O)NCCOc1cccc(F)c1. The van der Waals surface area contributed by atoms with Crippen molar-refractivity contribution in [2.24, 2.45) is 0 Å². The van der Waals surface area contributed by atoms with E-state index in [2.05, 4.69) is 29.1 Å². The van der Waals surface area contributed by atoms with Crippen LogP contribution in [-0.4, -0.2) is 68.1 Å². The van der Waals surface area contributed by atoms with Gasteiger partial charge in [0.25, 0.3) is 0 Å². The standard InChI is InChI=1S/C16H24FN3O2/c1-13-11-19(2)7-8-20(13)12-16(21)18-6-9-22-15-5-3-4-14(17)10-15/h3-5,10,13H,6-9,11-12H2,1-2H3,(H,18,21)/t13-/m0/s1. The van der Waals surface area contributed by atoms with Crippen LogP contribution in [0.4, 0.5) is 4.39 Å². The molecule has 0 aromatic heterocycles. The van der Waals surface area contributed by atoms with Crippen molar-refractivity contribution in [3.8, 4) is 5.75 Å². The summed E-state index contributed by atoms with van der Waals surface area (Å²) >= 11 is 0. The van der Waals surface area contributed by atoms with Gasteiger partial charge in [0, 0.05) is 31.7 Å². The molecule has 1 aromatic carbocycles. The number of likely N-dealkylation sites (N-methyl/N-ethyl adjacent to an activating group) is 1. The van der Waals surface area contributed by atoms with Crippen molar-refractivity contribution in [3.05, 3.63) is 30.1 Å². The van der Waals surface area contributed by atoms with Gasteiger partial charge in [0.1, 0.15) is 18.2 Å². The zero-order valence-corrected chi connectivity index (χ0v) is 13.2. The van der Waals surface area contributed by atoms with Gasteiger partial charge in [0.2, 0.25) is 5.91 Å². The number of nitrogens with one attached hydrogen (secondary N) is 1. The van der Waals surface area contributed by atoms with Crippen LogP contribution in [-0.2, 0) is 4.79 Å². The van der Waals surface area contributed by atoms with Crippen LogP contribution in [0.2, 0.25) is 0 Å². The van der Waals surface area contributed by atoms with E-state index >= 15 is 0 Å². The first-order valence-electron chi connectivity index (χ1n) is 7.62. The van der Waals surface area contributed by atoms with Crippen molar-refractivity contribution >= 4 is 5.91 Å². The summed E-state index contributed by atoms with van der Waals surface area (Å²) in [7, 11) is 2.09. The second-order valence-corrected chi connectivity index (χ2v) is 5.74. The Balaban J connectivity index is 1.63. The highest BCUT2D eigenvalue weighted by atomic mass is 19.1. The smallest absolute Gasteiger partial charge is 0.234 e. The van der Waals surface area contributed by atoms with E-state index in [0.717, 1.165) is 19.6 Å². The summed E-state index contributed by atoms with van der Waals surface area (Å²) < 4.78 is 18.4. The molecule has 1 aliphatic heterocycles. The topological polar surface area (TPSA) is 44.8 Å². The third kappa shape index (κ3) is 5.27. The van der Waals surface area contributed by atoms with Crippen molar-refractivity contribution in [2.75, 3.05) is 46.4 Å². The molecule has 5 nitrogen and oxygen atoms in total. The number of carbonyl (C=O) groups excluding carboxylic acids is 1. The van der Waals surface area contributed by atoms with Crippen LogP contribution in [0.25, 0.3) is 0 Å². The van der Waals surface area contributed by atoms with Crippen molar-refractivity contribution in [2.45, 2.75) is 13.0 Å². The van der Waals surface area contributed by atoms with Gasteiger partial charge in [0.15, 0.2) is 0 Å². The molecule has 1 aromatic rings. The monoisotopic (exact) mass is 309 g/mol. The maximum absolute atomic E-state index is 13.0. The van der Waals surface area contributed by atoms with Gasteiger partial charge >= 0.3 is 0 Å². The maximum Gasteiger partial charge on any atom is 0.234 e. The molecule has 122 valence electrons. The second kappa shape index (κ2) is 8.10. The number of hydrogen-bond acceptors (Lipinski definition) is 4. The molecule has 1 fully saturated rings. The number of hydrogen-bond donors (Lipinski definition) is 1. The summed E-state index contributed by atoms with van der Waals surface area (Å²) in [4.78, 5) is 16.4. The molecule has 1 atom stereocenters. The van der Waals surface area contributed by atoms with Crippen LogP contribution in [0, 0.1) is 5.82 Å². The molecule has 0 spiro atoms. The number of carbonyl (C=O) groups is 1. The summed E-state index contributed by atoms with van der Waals surface area (Å²) in [5, 5.41) is 2.83. The van der Waals surface area contributed by atoms with Crippen LogP contribution >= 0.6 is 0 Å². The normalized spacial score (nSPS) is 19.9. The number of amides is 1. The lowest BCUT2D eigenvalue weighted by Crippen LogP contribution is -2.53. The third-order valence-electron chi connectivity index (χ3n) is 3.80. The molecule has 1 saturated heterocycles. The Kier molecular flexibility index (Phi) is 6.15. The maximum atomic E-state index is 13.0. The van der Waals surface area contributed by atoms with Crippen molar-refractivity contribution in [1.82, 2.24) is 15.1 Å². The molecule has 0 saturated carbocycles. The minimum atomic E-state index is -0.328. The lowest BCUT2D eigenvalue weighted by atomic mass is 10.2. The highest BCUT2D eigenvalue weighted by Crippen LogP contribution is 2.11. The molecule has 1 heterocycles. The van der Waals surface area contributed by atoms with Gasteiger partial charge in [-0.1, -0.05) is 6.07 Å². The molecule has 0 radical (unpaired) electrons. The molecular formula is C16H24FN3O2. The van der Waals surface area contributed by atoms with Crippen LogP contribution in [0.15, 0.2) is 24.3 Å². The van der Waals surface area contributed by atoms with Gasteiger partial charge in [-0.05, 0) is 26.1 Å². The predicted octanol–water partition coefficient (Wildman–Crippen LogP) is 0.957. The molecular weight excluding hydrogens is 285 g/mol. The molecule has 2 rings (SSSR count). The van der Waals surface area contributed by atoms with Crippen LogP contribution in [0.3, 0.4) is 0 Å². The lowest BCUT2D eigenvalue weighted by molar-refractivity contribution is -0.123. The molecule has 6 heteroatoms. The van der Waals surface area contributed by atoms with E-state index in [1.54, 1.807) is 12.1 Å². The summed E-state index contributed by atoms with van der Waals surface area (Å²) in [6.45, 7) is 6.16. The van der Waals surface area contributed by atoms with Crippen molar-refractivity contribution < 1.29 is 13.9 Å². The molecule has 1 N–H and O–H groups in total. The van der Waals surface area contributed by atoms with Crippen LogP contribution in [0.5, 0.6) is 5.75 Å². The quantitative estimate of drug-likeness (QED) is 0.795. The number of nitrogens with zero attached hydrogens (tertiary/aromatic N) is 2. The van der Waals surface area contributed by atoms with Gasteiger partial charge < -0.3 is 15.0 Å². The summed E-state index contributed by atoms with van der Waals surface area (Å²) in [6.07, 6.45) is 0. The first-order chi connectivity index (χ1) is 10.5. The Labute approximate surface area is 131 Å². The van der Waals surface area contributed by atoms with E-state index in [1.807, 2.05) is 0 Å². The lowest BCUT2D eigenvalue weighted by Gasteiger charge is -2.37. The van der Waals surface area contributed by atoms with Gasteiger partial charge in [-0.2, -0.15) is 0 Å². The Morgan fingerprint density at radius 2 is 2.27 bits per heavy atom. The number of benzene rings is 1. The van der Waals surface area contributed by atoms with Gasteiger partial charge in [-0.25, -0.2) is 4.39 Å². The summed E-state index contributed by atoms with van der Waals surface area (Å²) in [6, 6.07) is 6.36. The number of halogens is 1. The number of piperazine rings is 1. The van der Waals surface area contributed by atoms with E-state index < -0.39 is 0 Å². The average Bonchev–Trinajstić information content (AvgIpc) is 2.47. The Bertz CT molecular complexity index is 498. The molecule has 0 aliphatic carbocycles. The predicted molar refractivity (Wildman–Crippen MR) is 83.4 cm³/mol. The van der Waals surface area contributed by atoms with E-state index in [4.69, 9.17) is 4.74 Å². The Morgan fingerprint density at radius 3 is 3.00 bits per heavy atom. The minimum absolute atomic E-state index is 0.000699. The molecule has 1 amide bonds. The second-order valence-electron chi connectivity index (χ2n) is 5.74. The zero-order chi connectivity index (χ0) is 15.9. The van der Waals surface area contributed by atoms with Gasteiger partial charge in [0.05, 0.1) is 13.1 Å². The fourth-order valence-corrected chi connectivity index (χ4v) is 2.57. The highest BCUT2D eigenvalue weighted by Gasteiger charge is 2.22. The molecule has 1 aliphatic rings. The van der Waals surface area contributed by atoms with E-state index in [9.17, 15) is 9.18 Å². The number of ether oxygens (including phenoxy) is 1. The summed E-state index contributed by atoms with van der Waals surface area (Å²) in [5.74, 6) is 0.145. The van der Waals surface area contributed by atoms with Crippen molar-refractivity contribution in [3.63, 3.8) is 0 Å². The Hall–Kier alpha value is -1.66.